The van der Waals surface area contributed by atoms with E-state index in [1.165, 1.54) is 5.01 Å². The molecule has 1 aromatic rings. The van der Waals surface area contributed by atoms with Crippen molar-refractivity contribution in [1.29, 1.82) is 0 Å². The van der Waals surface area contributed by atoms with Gasteiger partial charge < -0.3 is 10.6 Å². The molecule has 0 aliphatic heterocycles. The first-order valence-corrected chi connectivity index (χ1v) is 6.75. The molecule has 16 heavy (non-hydrogen) atoms. The van der Waals surface area contributed by atoms with Gasteiger partial charge >= 0.3 is 0 Å². The largest absolute Gasteiger partial charge is 0.312 e. The van der Waals surface area contributed by atoms with Gasteiger partial charge in [-0.3, -0.25) is 0 Å². The fraction of sp³-hybridized carbons (Fsp3) is 0.750. The van der Waals surface area contributed by atoms with Crippen LogP contribution in [0.25, 0.3) is 0 Å². The minimum absolute atomic E-state index is 0.223. The lowest BCUT2D eigenvalue weighted by Gasteiger charge is -2.20. The lowest BCUT2D eigenvalue weighted by molar-refractivity contribution is 0.414. The maximum absolute atomic E-state index is 4.29. The number of hydrogen-bond acceptors (Lipinski definition) is 4. The highest BCUT2D eigenvalue weighted by molar-refractivity contribution is 7.09. The summed E-state index contributed by atoms with van der Waals surface area (Å²) in [4.78, 5) is 4.29. The number of hydrogen-bond donors (Lipinski definition) is 2. The van der Waals surface area contributed by atoms with Gasteiger partial charge in [0.1, 0.15) is 5.01 Å². The lowest BCUT2D eigenvalue weighted by Crippen LogP contribution is -2.37. The van der Waals surface area contributed by atoms with Crippen LogP contribution in [-0.2, 0) is 0 Å². The second-order valence-corrected chi connectivity index (χ2v) is 6.00. The fourth-order valence-electron chi connectivity index (χ4n) is 1.41. The Morgan fingerprint density at radius 2 is 2.12 bits per heavy atom. The molecule has 1 atom stereocenters. The Morgan fingerprint density at radius 1 is 1.38 bits per heavy atom. The van der Waals surface area contributed by atoms with Gasteiger partial charge in [-0.25, -0.2) is 4.98 Å². The number of rotatable bonds is 6. The highest BCUT2D eigenvalue weighted by atomic mass is 32.1. The average Bonchev–Trinajstić information content (AvgIpc) is 2.67. The van der Waals surface area contributed by atoms with E-state index in [4.69, 9.17) is 0 Å². The zero-order chi connectivity index (χ0) is 12.0. The summed E-state index contributed by atoms with van der Waals surface area (Å²) in [6, 6.07) is 0.370. The SMILES string of the molecule is CC(NCCCNC(C)(C)C)c1nccs1. The van der Waals surface area contributed by atoms with Crippen LogP contribution < -0.4 is 10.6 Å². The number of thiazole rings is 1. The molecule has 1 rings (SSSR count). The molecule has 0 aliphatic carbocycles. The maximum atomic E-state index is 4.29. The molecule has 92 valence electrons. The first kappa shape index (κ1) is 13.6. The molecule has 0 spiro atoms. The van der Waals surface area contributed by atoms with Crippen LogP contribution in [0.15, 0.2) is 11.6 Å². The Balaban J connectivity index is 2.08. The van der Waals surface area contributed by atoms with Crippen molar-refractivity contribution in [2.75, 3.05) is 13.1 Å². The van der Waals surface area contributed by atoms with Crippen molar-refractivity contribution < 1.29 is 0 Å². The van der Waals surface area contributed by atoms with E-state index in [1.807, 2.05) is 11.6 Å². The van der Waals surface area contributed by atoms with E-state index in [0.717, 1.165) is 19.5 Å². The topological polar surface area (TPSA) is 37.0 Å². The van der Waals surface area contributed by atoms with E-state index >= 15 is 0 Å². The van der Waals surface area contributed by atoms with Gasteiger partial charge in [-0.1, -0.05) is 0 Å². The predicted molar refractivity (Wildman–Crippen MR) is 70.9 cm³/mol. The van der Waals surface area contributed by atoms with E-state index in [2.05, 4.69) is 43.3 Å². The molecule has 0 fully saturated rings. The van der Waals surface area contributed by atoms with Gasteiger partial charge in [0.05, 0.1) is 6.04 Å². The van der Waals surface area contributed by atoms with Crippen LogP contribution in [0, 0.1) is 0 Å². The van der Waals surface area contributed by atoms with Crippen LogP contribution in [0.1, 0.15) is 45.2 Å². The smallest absolute Gasteiger partial charge is 0.109 e. The van der Waals surface area contributed by atoms with Crippen LogP contribution in [0.5, 0.6) is 0 Å². The Labute approximate surface area is 103 Å². The summed E-state index contributed by atoms with van der Waals surface area (Å²) in [6.45, 7) is 10.8. The van der Waals surface area contributed by atoms with Crippen molar-refractivity contribution >= 4 is 11.3 Å². The standard InChI is InChI=1S/C12H23N3S/c1-10(11-14-8-9-16-11)13-6-5-7-15-12(2,3)4/h8-10,13,15H,5-7H2,1-4H3. The highest BCUT2D eigenvalue weighted by Gasteiger charge is 2.08. The Morgan fingerprint density at radius 3 is 2.69 bits per heavy atom. The van der Waals surface area contributed by atoms with E-state index < -0.39 is 0 Å². The van der Waals surface area contributed by atoms with E-state index in [-0.39, 0.29) is 5.54 Å². The fourth-order valence-corrected chi connectivity index (χ4v) is 2.08. The summed E-state index contributed by atoms with van der Waals surface area (Å²) in [7, 11) is 0. The molecule has 0 aromatic carbocycles. The van der Waals surface area contributed by atoms with Crippen LogP contribution in [0.4, 0.5) is 0 Å². The molecule has 0 saturated carbocycles. The number of nitrogens with zero attached hydrogens (tertiary/aromatic N) is 1. The minimum Gasteiger partial charge on any atom is -0.312 e. The lowest BCUT2D eigenvalue weighted by atomic mass is 10.1. The van der Waals surface area contributed by atoms with Gasteiger partial charge in [0.25, 0.3) is 0 Å². The van der Waals surface area contributed by atoms with Crippen molar-refractivity contribution in [1.82, 2.24) is 15.6 Å². The number of nitrogens with one attached hydrogen (secondary N) is 2. The Kier molecular flexibility index (Phi) is 5.38. The van der Waals surface area contributed by atoms with Crippen LogP contribution in [0.3, 0.4) is 0 Å². The second-order valence-electron chi connectivity index (χ2n) is 5.08. The molecule has 3 nitrogen and oxygen atoms in total. The van der Waals surface area contributed by atoms with Crippen molar-refractivity contribution in [3.63, 3.8) is 0 Å². The summed E-state index contributed by atoms with van der Waals surface area (Å²) >= 11 is 1.71. The predicted octanol–water partition coefficient (Wildman–Crippen LogP) is 2.57. The van der Waals surface area contributed by atoms with Crippen molar-refractivity contribution in [2.45, 2.75) is 45.7 Å². The normalized spacial score (nSPS) is 14.0. The third kappa shape index (κ3) is 5.58. The maximum Gasteiger partial charge on any atom is 0.109 e. The zero-order valence-electron chi connectivity index (χ0n) is 10.7. The minimum atomic E-state index is 0.223. The molecule has 0 bridgehead atoms. The summed E-state index contributed by atoms with van der Waals surface area (Å²) in [5.74, 6) is 0. The Hall–Kier alpha value is -0.450. The molecule has 2 N–H and O–H groups in total. The Bertz CT molecular complexity index is 277. The van der Waals surface area contributed by atoms with Gasteiger partial charge in [0, 0.05) is 17.1 Å². The molecule has 0 aliphatic rings. The first-order valence-electron chi connectivity index (χ1n) is 5.87. The quantitative estimate of drug-likeness (QED) is 0.752. The highest BCUT2D eigenvalue weighted by Crippen LogP contribution is 2.14. The van der Waals surface area contributed by atoms with Crippen molar-refractivity contribution in [3.8, 4) is 0 Å². The van der Waals surface area contributed by atoms with Crippen molar-refractivity contribution in [3.05, 3.63) is 16.6 Å². The van der Waals surface area contributed by atoms with Gasteiger partial charge in [0.2, 0.25) is 0 Å². The molecule has 1 heterocycles. The summed E-state index contributed by atoms with van der Waals surface area (Å²) in [5.41, 5.74) is 0.223. The van der Waals surface area contributed by atoms with Gasteiger partial charge in [0.15, 0.2) is 0 Å². The second kappa shape index (κ2) is 6.33. The average molecular weight is 241 g/mol. The van der Waals surface area contributed by atoms with Crippen LogP contribution >= 0.6 is 11.3 Å². The summed E-state index contributed by atoms with van der Waals surface area (Å²) in [6.07, 6.45) is 3.01. The first-order chi connectivity index (χ1) is 7.49. The molecule has 0 amide bonds. The molecular formula is C12H23N3S. The van der Waals surface area contributed by atoms with Crippen molar-refractivity contribution in [2.24, 2.45) is 0 Å². The van der Waals surface area contributed by atoms with Gasteiger partial charge in [-0.05, 0) is 47.2 Å². The van der Waals surface area contributed by atoms with E-state index in [1.54, 1.807) is 11.3 Å². The van der Waals surface area contributed by atoms with E-state index in [9.17, 15) is 0 Å². The van der Waals surface area contributed by atoms with Gasteiger partial charge in [-0.2, -0.15) is 0 Å². The molecule has 1 aromatic heterocycles. The molecular weight excluding hydrogens is 218 g/mol. The van der Waals surface area contributed by atoms with Crippen LogP contribution in [-0.4, -0.2) is 23.6 Å². The summed E-state index contributed by atoms with van der Waals surface area (Å²) < 4.78 is 0. The number of aromatic nitrogens is 1. The van der Waals surface area contributed by atoms with Crippen LogP contribution in [0.2, 0.25) is 0 Å². The third-order valence-electron chi connectivity index (χ3n) is 2.28. The van der Waals surface area contributed by atoms with Gasteiger partial charge in [-0.15, -0.1) is 11.3 Å². The molecule has 1 unspecified atom stereocenters. The zero-order valence-corrected chi connectivity index (χ0v) is 11.5. The monoisotopic (exact) mass is 241 g/mol. The van der Waals surface area contributed by atoms with E-state index in [0.29, 0.717) is 6.04 Å². The molecule has 4 heteroatoms. The molecule has 0 saturated heterocycles. The third-order valence-corrected chi connectivity index (χ3v) is 3.24. The molecule has 0 radical (unpaired) electrons. The summed E-state index contributed by atoms with van der Waals surface area (Å²) in [5, 5.41) is 10.1.